The Bertz CT molecular complexity index is 842. The van der Waals surface area contributed by atoms with Crippen LogP contribution in [0.1, 0.15) is 30.4 Å². The van der Waals surface area contributed by atoms with Gasteiger partial charge in [0.15, 0.2) is 12.6 Å². The fourth-order valence-electron chi connectivity index (χ4n) is 3.29. The molecular weight excluding hydrogens is 512 g/mol. The zero-order valence-electron chi connectivity index (χ0n) is 16.9. The summed E-state index contributed by atoms with van der Waals surface area (Å²) in [5.41, 5.74) is 1.70. The van der Waals surface area contributed by atoms with Crippen LogP contribution in [0.2, 0.25) is 0 Å². The van der Waals surface area contributed by atoms with Crippen LogP contribution in [0.25, 0.3) is 0 Å². The van der Waals surface area contributed by atoms with Gasteiger partial charge >= 0.3 is 6.18 Å². The number of pyridine rings is 1. The van der Waals surface area contributed by atoms with E-state index < -0.39 is 12.8 Å². The molecule has 0 aromatic carbocycles. The average Bonchev–Trinajstić information content (AvgIpc) is 3.32. The van der Waals surface area contributed by atoms with E-state index in [9.17, 15) is 13.2 Å². The highest BCUT2D eigenvalue weighted by Crippen LogP contribution is 2.27. The number of rotatable bonds is 6. The van der Waals surface area contributed by atoms with Gasteiger partial charge in [-0.3, -0.25) is 4.68 Å². The van der Waals surface area contributed by atoms with Gasteiger partial charge in [0.05, 0.1) is 12.7 Å². The molecule has 166 valence electrons. The van der Waals surface area contributed by atoms with Crippen molar-refractivity contribution in [1.29, 1.82) is 0 Å². The number of hydrogen-bond acceptors (Lipinski definition) is 4. The molecule has 2 aromatic heterocycles. The number of guanidine groups is 1. The van der Waals surface area contributed by atoms with Crippen LogP contribution in [0.3, 0.4) is 0 Å². The monoisotopic (exact) mass is 538 g/mol. The van der Waals surface area contributed by atoms with Crippen molar-refractivity contribution in [2.45, 2.75) is 32.0 Å². The maximum Gasteiger partial charge on any atom is 0.422 e. The van der Waals surface area contributed by atoms with Gasteiger partial charge in [-0.1, -0.05) is 6.07 Å². The molecule has 2 aromatic rings. The molecule has 11 heteroatoms. The maximum atomic E-state index is 12.5. The lowest BCUT2D eigenvalue weighted by molar-refractivity contribution is -0.154. The van der Waals surface area contributed by atoms with E-state index >= 15 is 0 Å². The molecule has 0 spiro atoms. The van der Waals surface area contributed by atoms with Crippen LogP contribution in [0.4, 0.5) is 13.2 Å². The van der Waals surface area contributed by atoms with Crippen LogP contribution < -0.4 is 10.1 Å². The third-order valence-corrected chi connectivity index (χ3v) is 4.64. The van der Waals surface area contributed by atoms with Crippen molar-refractivity contribution in [2.75, 3.05) is 26.2 Å². The summed E-state index contributed by atoms with van der Waals surface area (Å²) in [5, 5.41) is 7.50. The molecule has 7 nitrogen and oxygen atoms in total. The summed E-state index contributed by atoms with van der Waals surface area (Å²) in [4.78, 5) is 10.7. The SMILES string of the molecule is CCNC(=NCc1cccnc1OCC(F)(F)F)N1CCC(c2cnn(C)c2)C1.I. The number of nitrogens with one attached hydrogen (secondary N) is 1. The minimum atomic E-state index is -4.41. The second-order valence-corrected chi connectivity index (χ2v) is 6.92. The predicted molar refractivity (Wildman–Crippen MR) is 118 cm³/mol. The Labute approximate surface area is 190 Å². The average molecular weight is 538 g/mol. The number of hydrogen-bond donors (Lipinski definition) is 1. The van der Waals surface area contributed by atoms with Crippen molar-refractivity contribution >= 4 is 29.9 Å². The van der Waals surface area contributed by atoms with E-state index in [1.807, 2.05) is 26.4 Å². The summed E-state index contributed by atoms with van der Waals surface area (Å²) < 4.78 is 44.0. The Morgan fingerprint density at radius 2 is 2.20 bits per heavy atom. The van der Waals surface area contributed by atoms with Gasteiger partial charge < -0.3 is 15.0 Å². The predicted octanol–water partition coefficient (Wildman–Crippen LogP) is 3.33. The summed E-state index contributed by atoms with van der Waals surface area (Å²) in [6.45, 7) is 3.12. The molecule has 1 fully saturated rings. The largest absolute Gasteiger partial charge is 0.468 e. The Morgan fingerprint density at radius 3 is 2.87 bits per heavy atom. The molecule has 1 atom stereocenters. The molecule has 0 amide bonds. The summed E-state index contributed by atoms with van der Waals surface area (Å²) in [6, 6.07) is 3.33. The number of ether oxygens (including phenoxy) is 1. The second-order valence-electron chi connectivity index (χ2n) is 6.92. The molecule has 3 rings (SSSR count). The topological polar surface area (TPSA) is 67.6 Å². The minimum absolute atomic E-state index is 0. The first-order valence-corrected chi connectivity index (χ1v) is 9.51. The normalized spacial score (nSPS) is 17.0. The molecule has 1 unspecified atom stereocenters. The van der Waals surface area contributed by atoms with Crippen molar-refractivity contribution in [2.24, 2.45) is 12.0 Å². The molecule has 3 heterocycles. The van der Waals surface area contributed by atoms with E-state index in [0.29, 0.717) is 18.0 Å². The lowest BCUT2D eigenvalue weighted by atomic mass is 10.0. The smallest absolute Gasteiger partial charge is 0.422 e. The number of nitrogens with zero attached hydrogens (tertiary/aromatic N) is 5. The van der Waals surface area contributed by atoms with Crippen molar-refractivity contribution in [3.8, 4) is 5.88 Å². The summed E-state index contributed by atoms with van der Waals surface area (Å²) in [5.74, 6) is 1.06. The van der Waals surface area contributed by atoms with Gasteiger partial charge in [0, 0.05) is 50.6 Å². The summed E-state index contributed by atoms with van der Waals surface area (Å²) in [6.07, 6.45) is 1.89. The van der Waals surface area contributed by atoms with Gasteiger partial charge in [0.25, 0.3) is 0 Å². The summed E-state index contributed by atoms with van der Waals surface area (Å²) in [7, 11) is 1.90. The van der Waals surface area contributed by atoms with Crippen molar-refractivity contribution in [3.05, 3.63) is 41.9 Å². The zero-order chi connectivity index (χ0) is 20.9. The Balaban J connectivity index is 0.00000320. The molecule has 1 aliphatic rings. The first-order chi connectivity index (χ1) is 13.9. The molecule has 0 saturated carbocycles. The molecule has 1 N–H and O–H groups in total. The highest BCUT2D eigenvalue weighted by atomic mass is 127. The van der Waals surface area contributed by atoms with E-state index in [1.165, 1.54) is 11.8 Å². The van der Waals surface area contributed by atoms with Crippen LogP contribution in [0.15, 0.2) is 35.7 Å². The molecular formula is C19H26F3IN6O. The maximum absolute atomic E-state index is 12.5. The standard InChI is InChI=1S/C19H25F3N6O.HI/c1-3-23-18(28-8-6-15(12-28)16-10-26-27(2)11-16)25-9-14-5-4-7-24-17(14)29-13-19(20,21)22;/h4-5,7,10-11,15H,3,6,8-9,12-13H2,1-2H3,(H,23,25);1H. The molecule has 0 bridgehead atoms. The van der Waals surface area contributed by atoms with E-state index in [0.717, 1.165) is 25.5 Å². The molecule has 0 radical (unpaired) electrons. The Hall–Kier alpha value is -2.05. The number of alkyl halides is 3. The van der Waals surface area contributed by atoms with Gasteiger partial charge in [-0.15, -0.1) is 24.0 Å². The van der Waals surface area contributed by atoms with E-state index in [4.69, 9.17) is 4.74 Å². The quantitative estimate of drug-likeness (QED) is 0.348. The number of aryl methyl sites for hydroxylation is 1. The van der Waals surface area contributed by atoms with Gasteiger partial charge in [-0.05, 0) is 25.0 Å². The first-order valence-electron chi connectivity index (χ1n) is 9.51. The Kier molecular flexibility index (Phi) is 8.74. The highest BCUT2D eigenvalue weighted by molar-refractivity contribution is 14.0. The van der Waals surface area contributed by atoms with Crippen LogP contribution in [0, 0.1) is 0 Å². The van der Waals surface area contributed by atoms with Crippen LogP contribution in [-0.2, 0) is 13.6 Å². The fraction of sp³-hybridized carbons (Fsp3) is 0.526. The van der Waals surface area contributed by atoms with Crippen molar-refractivity contribution in [1.82, 2.24) is 25.0 Å². The molecule has 0 aliphatic carbocycles. The fourth-order valence-corrected chi connectivity index (χ4v) is 3.29. The van der Waals surface area contributed by atoms with Gasteiger partial charge in [-0.25, -0.2) is 9.98 Å². The lowest BCUT2D eigenvalue weighted by Gasteiger charge is -2.21. The zero-order valence-corrected chi connectivity index (χ0v) is 19.2. The van der Waals surface area contributed by atoms with Gasteiger partial charge in [0.1, 0.15) is 0 Å². The van der Waals surface area contributed by atoms with Crippen LogP contribution in [0.5, 0.6) is 5.88 Å². The highest BCUT2D eigenvalue weighted by Gasteiger charge is 2.29. The number of aliphatic imine (C=N–C) groups is 1. The first kappa shape index (κ1) is 24.2. The lowest BCUT2D eigenvalue weighted by Crippen LogP contribution is -2.40. The van der Waals surface area contributed by atoms with Gasteiger partial charge in [-0.2, -0.15) is 18.3 Å². The van der Waals surface area contributed by atoms with E-state index in [2.05, 4.69) is 25.3 Å². The van der Waals surface area contributed by atoms with E-state index in [1.54, 1.807) is 16.8 Å². The third kappa shape index (κ3) is 6.74. The molecule has 30 heavy (non-hydrogen) atoms. The van der Waals surface area contributed by atoms with Crippen LogP contribution in [-0.4, -0.2) is 58.0 Å². The number of aromatic nitrogens is 3. The number of halogens is 4. The second kappa shape index (κ2) is 10.8. The van der Waals surface area contributed by atoms with Crippen LogP contribution >= 0.6 is 24.0 Å². The number of likely N-dealkylation sites (tertiary alicyclic amines) is 1. The minimum Gasteiger partial charge on any atom is -0.468 e. The van der Waals surface area contributed by atoms with Crippen molar-refractivity contribution in [3.63, 3.8) is 0 Å². The van der Waals surface area contributed by atoms with Crippen molar-refractivity contribution < 1.29 is 17.9 Å². The Morgan fingerprint density at radius 1 is 1.40 bits per heavy atom. The van der Waals surface area contributed by atoms with E-state index in [-0.39, 0.29) is 36.4 Å². The van der Waals surface area contributed by atoms with Gasteiger partial charge in [0.2, 0.25) is 5.88 Å². The summed E-state index contributed by atoms with van der Waals surface area (Å²) >= 11 is 0. The molecule has 1 saturated heterocycles. The third-order valence-electron chi connectivity index (χ3n) is 4.64. The molecule has 1 aliphatic heterocycles.